The molecule has 0 unspecified atom stereocenters. The zero-order valence-electron chi connectivity index (χ0n) is 8.02. The molecule has 3 nitrogen and oxygen atoms in total. The Labute approximate surface area is 101 Å². The molecule has 0 aliphatic rings. The van der Waals surface area contributed by atoms with E-state index in [1.807, 2.05) is 0 Å². The Hall–Kier alpha value is -1.33. The second-order valence-corrected chi connectivity index (χ2v) is 4.41. The molecule has 82 valence electrons. The highest BCUT2D eigenvalue weighted by Crippen LogP contribution is 2.31. The Bertz CT molecular complexity index is 521. The van der Waals surface area contributed by atoms with Crippen molar-refractivity contribution in [1.29, 1.82) is 0 Å². The van der Waals surface area contributed by atoms with Crippen molar-refractivity contribution in [3.05, 3.63) is 41.3 Å². The van der Waals surface area contributed by atoms with E-state index in [4.69, 9.17) is 17.3 Å². The third kappa shape index (κ3) is 2.62. The predicted molar refractivity (Wildman–Crippen MR) is 62.0 cm³/mol. The largest absolute Gasteiger partial charge is 0.368 e. The second-order valence-electron chi connectivity index (χ2n) is 2.94. The van der Waals surface area contributed by atoms with E-state index in [0.717, 1.165) is 0 Å². The summed E-state index contributed by atoms with van der Waals surface area (Å²) < 4.78 is 12.9. The van der Waals surface area contributed by atoms with Gasteiger partial charge in [-0.1, -0.05) is 29.4 Å². The topological polar surface area (TPSA) is 51.8 Å². The van der Waals surface area contributed by atoms with Gasteiger partial charge in [0.15, 0.2) is 0 Å². The summed E-state index contributed by atoms with van der Waals surface area (Å²) >= 11 is 7.13. The monoisotopic (exact) mass is 255 g/mol. The fourth-order valence-corrected chi connectivity index (χ4v) is 2.12. The van der Waals surface area contributed by atoms with Crippen molar-refractivity contribution >= 4 is 29.3 Å². The first-order chi connectivity index (χ1) is 7.65. The van der Waals surface area contributed by atoms with Gasteiger partial charge in [-0.05, 0) is 18.2 Å². The molecule has 1 heterocycles. The summed E-state index contributed by atoms with van der Waals surface area (Å²) in [7, 11) is 0. The Morgan fingerprint density at radius 1 is 1.38 bits per heavy atom. The van der Waals surface area contributed by atoms with Crippen molar-refractivity contribution in [1.82, 2.24) is 9.97 Å². The highest BCUT2D eigenvalue weighted by atomic mass is 35.5. The van der Waals surface area contributed by atoms with E-state index in [1.165, 1.54) is 30.1 Å². The molecular weight excluding hydrogens is 249 g/mol. The molecule has 2 rings (SSSR count). The number of halogens is 2. The quantitative estimate of drug-likeness (QED) is 0.838. The van der Waals surface area contributed by atoms with Crippen LogP contribution in [0.2, 0.25) is 5.02 Å². The number of anilines is 1. The first-order valence-electron chi connectivity index (χ1n) is 4.36. The van der Waals surface area contributed by atoms with E-state index in [-0.39, 0.29) is 11.8 Å². The molecule has 0 aliphatic heterocycles. The minimum Gasteiger partial charge on any atom is -0.368 e. The van der Waals surface area contributed by atoms with Crippen molar-refractivity contribution in [2.24, 2.45) is 0 Å². The van der Waals surface area contributed by atoms with Crippen LogP contribution in [0.15, 0.2) is 40.4 Å². The summed E-state index contributed by atoms with van der Waals surface area (Å²) in [5, 5.41) is 0.906. The lowest BCUT2D eigenvalue weighted by Crippen LogP contribution is -1.95. The maximum atomic E-state index is 12.9. The number of nitrogen functional groups attached to an aromatic ring is 1. The minimum absolute atomic E-state index is 0.142. The zero-order chi connectivity index (χ0) is 11.5. The Kier molecular flexibility index (Phi) is 3.26. The van der Waals surface area contributed by atoms with Crippen LogP contribution in [0.1, 0.15) is 0 Å². The second kappa shape index (κ2) is 4.67. The van der Waals surface area contributed by atoms with Crippen LogP contribution in [0.3, 0.4) is 0 Å². The smallest absolute Gasteiger partial charge is 0.221 e. The molecule has 0 atom stereocenters. The number of aromatic nitrogens is 2. The molecule has 0 saturated carbocycles. The van der Waals surface area contributed by atoms with Crippen molar-refractivity contribution in [3.8, 4) is 0 Å². The molecule has 0 aliphatic carbocycles. The molecular formula is C10H7ClFN3S. The average molecular weight is 256 g/mol. The lowest BCUT2D eigenvalue weighted by Gasteiger charge is -2.03. The lowest BCUT2D eigenvalue weighted by molar-refractivity contribution is 0.624. The van der Waals surface area contributed by atoms with E-state index < -0.39 is 0 Å². The van der Waals surface area contributed by atoms with E-state index >= 15 is 0 Å². The van der Waals surface area contributed by atoms with Gasteiger partial charge in [-0.3, -0.25) is 0 Å². The first kappa shape index (κ1) is 11.2. The molecule has 0 bridgehead atoms. The van der Waals surface area contributed by atoms with Gasteiger partial charge in [-0.25, -0.2) is 14.4 Å². The number of rotatable bonds is 2. The third-order valence-electron chi connectivity index (χ3n) is 1.74. The summed E-state index contributed by atoms with van der Waals surface area (Å²) in [4.78, 5) is 8.43. The highest BCUT2D eigenvalue weighted by Gasteiger charge is 2.06. The fraction of sp³-hybridized carbons (Fsp3) is 0. The predicted octanol–water partition coefficient (Wildman–Crippen LogP) is 3.00. The van der Waals surface area contributed by atoms with Crippen molar-refractivity contribution in [2.45, 2.75) is 9.92 Å². The number of nitrogens with two attached hydrogens (primary N) is 1. The van der Waals surface area contributed by atoms with E-state index in [1.54, 1.807) is 12.1 Å². The number of hydrogen-bond donors (Lipinski definition) is 1. The van der Waals surface area contributed by atoms with Gasteiger partial charge in [-0.15, -0.1) is 0 Å². The third-order valence-corrected chi connectivity index (χ3v) is 3.12. The molecule has 0 amide bonds. The summed E-state index contributed by atoms with van der Waals surface area (Å²) in [6.07, 6.45) is 1.42. The fourth-order valence-electron chi connectivity index (χ4n) is 1.08. The SMILES string of the molecule is Nc1ncc(Cl)c(Sc2cccc(F)c2)n1. The summed E-state index contributed by atoms with van der Waals surface area (Å²) in [5.74, 6) is -0.161. The van der Waals surface area contributed by atoms with Gasteiger partial charge in [0.2, 0.25) is 5.95 Å². The molecule has 1 aromatic heterocycles. The van der Waals surface area contributed by atoms with Crippen LogP contribution in [0.5, 0.6) is 0 Å². The molecule has 0 saturated heterocycles. The highest BCUT2D eigenvalue weighted by molar-refractivity contribution is 7.99. The van der Waals surface area contributed by atoms with Gasteiger partial charge < -0.3 is 5.73 Å². The Balaban J connectivity index is 2.30. The number of benzene rings is 1. The van der Waals surface area contributed by atoms with Gasteiger partial charge in [-0.2, -0.15) is 0 Å². The van der Waals surface area contributed by atoms with Crippen LogP contribution < -0.4 is 5.73 Å². The first-order valence-corrected chi connectivity index (χ1v) is 5.56. The van der Waals surface area contributed by atoms with Crippen molar-refractivity contribution < 1.29 is 4.39 Å². The van der Waals surface area contributed by atoms with Gasteiger partial charge in [0.05, 0.1) is 11.2 Å². The lowest BCUT2D eigenvalue weighted by atomic mass is 10.4. The van der Waals surface area contributed by atoms with E-state index in [2.05, 4.69) is 9.97 Å². The minimum atomic E-state index is -0.303. The van der Waals surface area contributed by atoms with Crippen LogP contribution in [0, 0.1) is 5.82 Å². The number of hydrogen-bond acceptors (Lipinski definition) is 4. The van der Waals surface area contributed by atoms with Gasteiger partial charge >= 0.3 is 0 Å². The molecule has 6 heteroatoms. The standard InChI is InChI=1S/C10H7ClFN3S/c11-8-5-14-10(13)15-9(8)16-7-3-1-2-6(12)4-7/h1-5H,(H2,13,14,15). The molecule has 1 aromatic carbocycles. The van der Waals surface area contributed by atoms with Crippen LogP contribution in [-0.4, -0.2) is 9.97 Å². The average Bonchev–Trinajstić information content (AvgIpc) is 2.24. The molecule has 16 heavy (non-hydrogen) atoms. The summed E-state index contributed by atoms with van der Waals surface area (Å²) in [6, 6.07) is 6.16. The number of nitrogens with zero attached hydrogens (tertiary/aromatic N) is 2. The normalized spacial score (nSPS) is 10.4. The van der Waals surface area contributed by atoms with E-state index in [0.29, 0.717) is 14.9 Å². The van der Waals surface area contributed by atoms with Crippen LogP contribution in [-0.2, 0) is 0 Å². The summed E-state index contributed by atoms with van der Waals surface area (Å²) in [6.45, 7) is 0. The molecule has 0 radical (unpaired) electrons. The molecule has 0 fully saturated rings. The van der Waals surface area contributed by atoms with Gasteiger partial charge in [0.25, 0.3) is 0 Å². The molecule has 2 aromatic rings. The van der Waals surface area contributed by atoms with Crippen LogP contribution >= 0.6 is 23.4 Å². The molecule has 0 spiro atoms. The van der Waals surface area contributed by atoms with Crippen LogP contribution in [0.25, 0.3) is 0 Å². The van der Waals surface area contributed by atoms with Gasteiger partial charge in [0.1, 0.15) is 10.8 Å². The summed E-state index contributed by atoms with van der Waals surface area (Å²) in [5.41, 5.74) is 5.44. The Morgan fingerprint density at radius 3 is 2.94 bits per heavy atom. The van der Waals surface area contributed by atoms with Crippen molar-refractivity contribution in [3.63, 3.8) is 0 Å². The van der Waals surface area contributed by atoms with Crippen LogP contribution in [0.4, 0.5) is 10.3 Å². The van der Waals surface area contributed by atoms with Crippen molar-refractivity contribution in [2.75, 3.05) is 5.73 Å². The van der Waals surface area contributed by atoms with E-state index in [9.17, 15) is 4.39 Å². The molecule has 2 N–H and O–H groups in total. The maximum Gasteiger partial charge on any atom is 0.221 e. The van der Waals surface area contributed by atoms with Gasteiger partial charge in [0, 0.05) is 4.90 Å². The Morgan fingerprint density at radius 2 is 2.19 bits per heavy atom. The zero-order valence-corrected chi connectivity index (χ0v) is 9.60. The maximum absolute atomic E-state index is 12.9.